The molecule has 0 spiro atoms. The maximum atomic E-state index is 10.0. The molecule has 0 aromatic carbocycles. The molecule has 2 rings (SSSR count). The lowest BCUT2D eigenvalue weighted by Gasteiger charge is -2.03. The highest BCUT2D eigenvalue weighted by Gasteiger charge is 2.16. The van der Waals surface area contributed by atoms with Gasteiger partial charge in [0.1, 0.15) is 17.6 Å². The summed E-state index contributed by atoms with van der Waals surface area (Å²) in [5.74, 6) is 1.51. The maximum absolute atomic E-state index is 10.0. The summed E-state index contributed by atoms with van der Waals surface area (Å²) in [6.45, 7) is 2.02. The summed E-state index contributed by atoms with van der Waals surface area (Å²) in [7, 11) is 0. The molecule has 0 saturated heterocycles. The van der Waals surface area contributed by atoms with Crippen LogP contribution in [-0.4, -0.2) is 5.11 Å². The Kier molecular flexibility index (Phi) is 3.29. The third kappa shape index (κ3) is 2.33. The van der Waals surface area contributed by atoms with Crippen LogP contribution in [0.15, 0.2) is 32.5 Å². The molecular formula is C11H11BrO2S. The fourth-order valence-electron chi connectivity index (χ4n) is 1.35. The number of hydrogen-bond acceptors (Lipinski definition) is 3. The molecule has 0 aliphatic heterocycles. The number of hydrogen-bond donors (Lipinski definition) is 1. The molecule has 2 aromatic heterocycles. The van der Waals surface area contributed by atoms with Gasteiger partial charge in [-0.05, 0) is 40.2 Å². The first-order valence-electron chi connectivity index (χ1n) is 4.72. The maximum Gasteiger partial charge on any atom is 0.146 e. The van der Waals surface area contributed by atoms with Crippen LogP contribution in [0.4, 0.5) is 0 Å². The van der Waals surface area contributed by atoms with Crippen molar-refractivity contribution >= 4 is 27.3 Å². The first-order chi connectivity index (χ1) is 7.20. The van der Waals surface area contributed by atoms with Gasteiger partial charge in [-0.2, -0.15) is 0 Å². The summed E-state index contributed by atoms with van der Waals surface area (Å²) in [6.07, 6.45) is 0.197. The van der Waals surface area contributed by atoms with Crippen molar-refractivity contribution in [3.8, 4) is 0 Å². The Morgan fingerprint density at radius 2 is 2.20 bits per heavy atom. The van der Waals surface area contributed by atoms with Crippen molar-refractivity contribution in [3.63, 3.8) is 0 Å². The van der Waals surface area contributed by atoms with Crippen LogP contribution in [0.5, 0.6) is 0 Å². The van der Waals surface area contributed by atoms with E-state index in [9.17, 15) is 5.11 Å². The lowest BCUT2D eigenvalue weighted by molar-refractivity contribution is 0.190. The first-order valence-corrected chi connectivity index (χ1v) is 6.33. The molecule has 15 heavy (non-hydrogen) atoms. The highest BCUT2D eigenvalue weighted by molar-refractivity contribution is 9.11. The van der Waals surface area contributed by atoms with Gasteiger partial charge in [0.05, 0.1) is 3.79 Å². The predicted octanol–water partition coefficient (Wildman–Crippen LogP) is 3.75. The van der Waals surface area contributed by atoms with Gasteiger partial charge in [-0.1, -0.05) is 6.92 Å². The van der Waals surface area contributed by atoms with Crippen molar-refractivity contribution in [1.29, 1.82) is 0 Å². The SMILES string of the molecule is CCc1ccc(C(O)c2ccc(Br)s2)o1. The zero-order valence-corrected chi connectivity index (χ0v) is 10.6. The summed E-state index contributed by atoms with van der Waals surface area (Å²) in [4.78, 5) is 0.888. The predicted molar refractivity (Wildman–Crippen MR) is 64.2 cm³/mol. The quantitative estimate of drug-likeness (QED) is 0.932. The van der Waals surface area contributed by atoms with Gasteiger partial charge in [0.15, 0.2) is 0 Å². The molecule has 80 valence electrons. The van der Waals surface area contributed by atoms with Crippen molar-refractivity contribution < 1.29 is 9.52 Å². The molecule has 0 aliphatic rings. The van der Waals surface area contributed by atoms with Crippen molar-refractivity contribution in [2.24, 2.45) is 0 Å². The van der Waals surface area contributed by atoms with Gasteiger partial charge in [0, 0.05) is 11.3 Å². The minimum atomic E-state index is -0.651. The van der Waals surface area contributed by atoms with Crippen LogP contribution >= 0.6 is 27.3 Å². The monoisotopic (exact) mass is 286 g/mol. The van der Waals surface area contributed by atoms with E-state index in [1.54, 1.807) is 0 Å². The lowest BCUT2D eigenvalue weighted by Crippen LogP contribution is -1.94. The van der Waals surface area contributed by atoms with Crippen LogP contribution in [-0.2, 0) is 6.42 Å². The van der Waals surface area contributed by atoms with Gasteiger partial charge in [0.2, 0.25) is 0 Å². The first kappa shape index (κ1) is 10.9. The minimum Gasteiger partial charge on any atom is -0.463 e. The van der Waals surface area contributed by atoms with E-state index >= 15 is 0 Å². The molecule has 2 heterocycles. The molecule has 0 fully saturated rings. The zero-order valence-electron chi connectivity index (χ0n) is 8.24. The molecule has 0 amide bonds. The Labute approximate surface area is 101 Å². The molecule has 4 heteroatoms. The van der Waals surface area contributed by atoms with Gasteiger partial charge in [-0.15, -0.1) is 11.3 Å². The molecule has 1 unspecified atom stereocenters. The Balaban J connectivity index is 2.23. The minimum absolute atomic E-state index is 0.612. The summed E-state index contributed by atoms with van der Waals surface area (Å²) < 4.78 is 6.51. The number of thiophene rings is 1. The van der Waals surface area contributed by atoms with Gasteiger partial charge in [0.25, 0.3) is 0 Å². The van der Waals surface area contributed by atoms with Crippen LogP contribution in [0.3, 0.4) is 0 Å². The average Bonchev–Trinajstić information content (AvgIpc) is 2.84. The van der Waals surface area contributed by atoms with E-state index in [1.807, 2.05) is 31.2 Å². The Bertz CT molecular complexity index is 447. The summed E-state index contributed by atoms with van der Waals surface area (Å²) in [5, 5.41) is 10.0. The van der Waals surface area contributed by atoms with Crippen molar-refractivity contribution in [2.45, 2.75) is 19.4 Å². The Morgan fingerprint density at radius 1 is 1.40 bits per heavy atom. The van der Waals surface area contributed by atoms with Gasteiger partial charge < -0.3 is 9.52 Å². The van der Waals surface area contributed by atoms with Crippen molar-refractivity contribution in [3.05, 3.63) is 44.4 Å². The standard InChI is InChI=1S/C11H11BrO2S/c1-2-7-3-4-8(14-7)11(13)9-5-6-10(12)15-9/h3-6,11,13H,2H2,1H3. The Morgan fingerprint density at radius 3 is 2.73 bits per heavy atom. The lowest BCUT2D eigenvalue weighted by atomic mass is 10.2. The largest absolute Gasteiger partial charge is 0.463 e. The van der Waals surface area contributed by atoms with Crippen LogP contribution in [0, 0.1) is 0 Å². The molecule has 1 N–H and O–H groups in total. The average molecular weight is 287 g/mol. The second-order valence-electron chi connectivity index (χ2n) is 3.20. The van der Waals surface area contributed by atoms with E-state index in [0.717, 1.165) is 20.8 Å². The van der Waals surface area contributed by atoms with Crippen LogP contribution in [0.25, 0.3) is 0 Å². The molecule has 2 aromatic rings. The number of aliphatic hydroxyl groups is 1. The second-order valence-corrected chi connectivity index (χ2v) is 5.70. The van der Waals surface area contributed by atoms with Crippen LogP contribution in [0.2, 0.25) is 0 Å². The second kappa shape index (κ2) is 4.51. The van der Waals surface area contributed by atoms with E-state index in [1.165, 1.54) is 11.3 Å². The smallest absolute Gasteiger partial charge is 0.146 e. The molecular weight excluding hydrogens is 276 g/mol. The van der Waals surface area contributed by atoms with Crippen molar-refractivity contribution in [2.75, 3.05) is 0 Å². The number of rotatable bonds is 3. The molecule has 2 nitrogen and oxygen atoms in total. The van der Waals surface area contributed by atoms with Crippen LogP contribution in [0.1, 0.15) is 29.4 Å². The van der Waals surface area contributed by atoms with E-state index in [4.69, 9.17) is 4.42 Å². The van der Waals surface area contributed by atoms with Gasteiger partial charge in [-0.3, -0.25) is 0 Å². The fourth-order valence-corrected chi connectivity index (χ4v) is 2.76. The van der Waals surface area contributed by atoms with E-state index < -0.39 is 6.10 Å². The molecule has 1 atom stereocenters. The summed E-state index contributed by atoms with van der Waals surface area (Å²) >= 11 is 4.88. The number of aryl methyl sites for hydroxylation is 1. The van der Waals surface area contributed by atoms with Crippen molar-refractivity contribution in [1.82, 2.24) is 0 Å². The third-order valence-corrected chi connectivity index (χ3v) is 3.84. The van der Waals surface area contributed by atoms with E-state index in [-0.39, 0.29) is 0 Å². The highest BCUT2D eigenvalue weighted by Crippen LogP contribution is 2.31. The van der Waals surface area contributed by atoms with Gasteiger partial charge in [-0.25, -0.2) is 0 Å². The van der Waals surface area contributed by atoms with E-state index in [2.05, 4.69) is 15.9 Å². The Hall–Kier alpha value is -0.580. The summed E-state index contributed by atoms with van der Waals surface area (Å²) in [5.41, 5.74) is 0. The normalized spacial score (nSPS) is 13.0. The number of halogens is 1. The molecule has 0 aliphatic carbocycles. The third-order valence-electron chi connectivity index (χ3n) is 2.16. The molecule has 0 bridgehead atoms. The molecule has 0 radical (unpaired) electrons. The van der Waals surface area contributed by atoms with Gasteiger partial charge >= 0.3 is 0 Å². The summed E-state index contributed by atoms with van der Waals surface area (Å²) in [6, 6.07) is 7.55. The highest BCUT2D eigenvalue weighted by atomic mass is 79.9. The number of furan rings is 1. The zero-order chi connectivity index (χ0) is 10.8. The topological polar surface area (TPSA) is 33.4 Å². The van der Waals surface area contributed by atoms with Crippen LogP contribution < -0.4 is 0 Å². The fraction of sp³-hybridized carbons (Fsp3) is 0.273. The number of aliphatic hydroxyl groups excluding tert-OH is 1. The molecule has 0 saturated carbocycles. The van der Waals surface area contributed by atoms with E-state index in [0.29, 0.717) is 5.76 Å².